The van der Waals surface area contributed by atoms with Gasteiger partial charge in [-0.2, -0.15) is 0 Å². The molecule has 104 valence electrons. The van der Waals surface area contributed by atoms with Crippen LogP contribution in [-0.4, -0.2) is 33.2 Å². The van der Waals surface area contributed by atoms with Gasteiger partial charge in [0.25, 0.3) is 0 Å². The van der Waals surface area contributed by atoms with E-state index in [-0.39, 0.29) is 5.91 Å². The second-order valence-corrected chi connectivity index (χ2v) is 5.05. The zero-order valence-electron chi connectivity index (χ0n) is 11.7. The Hall–Kier alpha value is -1.55. The lowest BCUT2D eigenvalue weighted by molar-refractivity contribution is -0.118. The Kier molecular flexibility index (Phi) is 4.80. The number of ether oxygens (including phenoxy) is 1. The molecule has 1 heterocycles. The molecule has 1 fully saturated rings. The van der Waals surface area contributed by atoms with E-state index in [1.54, 1.807) is 12.0 Å². The highest BCUT2D eigenvalue weighted by atomic mass is 16.5. The molecule has 1 aromatic carbocycles. The fourth-order valence-electron chi connectivity index (χ4n) is 2.41. The molecule has 2 rings (SSSR count). The van der Waals surface area contributed by atoms with Crippen molar-refractivity contribution in [1.29, 1.82) is 0 Å². The van der Waals surface area contributed by atoms with Gasteiger partial charge in [0, 0.05) is 19.2 Å². The molecule has 0 aliphatic carbocycles. The normalized spacial score (nSPS) is 18.3. The number of methoxy groups -OCH3 is 1. The molecule has 4 heteroatoms. The zero-order chi connectivity index (χ0) is 13.7. The Bertz CT molecular complexity index is 411. The van der Waals surface area contributed by atoms with Gasteiger partial charge in [0.1, 0.15) is 5.75 Å². The molecular weight excluding hydrogens is 240 g/mol. The van der Waals surface area contributed by atoms with Crippen LogP contribution in [0.5, 0.6) is 5.75 Å². The number of rotatable bonds is 5. The number of hydrogen-bond acceptors (Lipinski definition) is 3. The van der Waals surface area contributed by atoms with Crippen LogP contribution in [0.2, 0.25) is 0 Å². The Labute approximate surface area is 114 Å². The molecule has 4 nitrogen and oxygen atoms in total. The average molecular weight is 262 g/mol. The summed E-state index contributed by atoms with van der Waals surface area (Å²) in [6.45, 7) is 2.15. The van der Waals surface area contributed by atoms with Crippen molar-refractivity contribution in [3.05, 3.63) is 24.3 Å². The monoisotopic (exact) mass is 262 g/mol. The summed E-state index contributed by atoms with van der Waals surface area (Å²) in [5, 5.41) is 3.33. The van der Waals surface area contributed by atoms with Crippen LogP contribution in [0, 0.1) is 5.92 Å². The van der Waals surface area contributed by atoms with Crippen molar-refractivity contribution in [3.63, 3.8) is 0 Å². The lowest BCUT2D eigenvalue weighted by atomic mass is 10.0. The highest BCUT2D eigenvalue weighted by molar-refractivity contribution is 5.92. The van der Waals surface area contributed by atoms with E-state index in [9.17, 15) is 4.79 Å². The van der Waals surface area contributed by atoms with E-state index < -0.39 is 0 Å². The van der Waals surface area contributed by atoms with Gasteiger partial charge in [0.05, 0.1) is 7.11 Å². The molecule has 0 saturated carbocycles. The number of nitrogens with zero attached hydrogens (tertiary/aromatic N) is 1. The summed E-state index contributed by atoms with van der Waals surface area (Å²) in [6.07, 6.45) is 2.79. The third kappa shape index (κ3) is 3.70. The first-order chi connectivity index (χ1) is 9.20. The summed E-state index contributed by atoms with van der Waals surface area (Å²) in [7, 11) is 3.47. The highest BCUT2D eigenvalue weighted by Crippen LogP contribution is 2.20. The van der Waals surface area contributed by atoms with Crippen LogP contribution in [0.25, 0.3) is 0 Å². The summed E-state index contributed by atoms with van der Waals surface area (Å²) < 4.78 is 5.11. The third-order valence-electron chi connectivity index (χ3n) is 3.76. The first kappa shape index (κ1) is 13.9. The number of benzene rings is 1. The SMILES string of the molecule is COc1ccc(N(C)C(=O)CCC2CCNC2)cc1. The van der Waals surface area contributed by atoms with Gasteiger partial charge in [-0.3, -0.25) is 4.79 Å². The van der Waals surface area contributed by atoms with Crippen LogP contribution in [0.3, 0.4) is 0 Å². The Morgan fingerprint density at radius 3 is 2.74 bits per heavy atom. The molecule has 1 saturated heterocycles. The van der Waals surface area contributed by atoms with E-state index in [1.165, 1.54) is 6.42 Å². The van der Waals surface area contributed by atoms with Crippen LogP contribution in [0.4, 0.5) is 5.69 Å². The van der Waals surface area contributed by atoms with Gasteiger partial charge >= 0.3 is 0 Å². The molecule has 1 unspecified atom stereocenters. The standard InChI is InChI=1S/C15H22N2O2/c1-17(13-4-6-14(19-2)7-5-13)15(18)8-3-12-9-10-16-11-12/h4-7,12,16H,3,8-11H2,1-2H3. The number of hydrogen-bond donors (Lipinski definition) is 1. The number of carbonyl (C=O) groups is 1. The van der Waals surface area contributed by atoms with Gasteiger partial charge in [0.2, 0.25) is 5.91 Å². The van der Waals surface area contributed by atoms with Crippen molar-refractivity contribution in [1.82, 2.24) is 5.32 Å². The highest BCUT2D eigenvalue weighted by Gasteiger charge is 2.17. The largest absolute Gasteiger partial charge is 0.497 e. The van der Waals surface area contributed by atoms with E-state index >= 15 is 0 Å². The summed E-state index contributed by atoms with van der Waals surface area (Å²) in [4.78, 5) is 13.9. The lowest BCUT2D eigenvalue weighted by Crippen LogP contribution is -2.26. The molecule has 0 spiro atoms. The van der Waals surface area contributed by atoms with Crippen LogP contribution >= 0.6 is 0 Å². The third-order valence-corrected chi connectivity index (χ3v) is 3.76. The van der Waals surface area contributed by atoms with Crippen LogP contribution in [-0.2, 0) is 4.79 Å². The van der Waals surface area contributed by atoms with Crippen LogP contribution in [0.15, 0.2) is 24.3 Å². The maximum Gasteiger partial charge on any atom is 0.226 e. The van der Waals surface area contributed by atoms with E-state index in [0.717, 1.165) is 30.9 Å². The molecular formula is C15H22N2O2. The van der Waals surface area contributed by atoms with Crippen LogP contribution in [0.1, 0.15) is 19.3 Å². The predicted octanol–water partition coefficient (Wildman–Crippen LogP) is 2.05. The second-order valence-electron chi connectivity index (χ2n) is 5.05. The molecule has 1 N–H and O–H groups in total. The Morgan fingerprint density at radius 1 is 1.42 bits per heavy atom. The zero-order valence-corrected chi connectivity index (χ0v) is 11.7. The first-order valence-electron chi connectivity index (χ1n) is 6.82. The number of carbonyl (C=O) groups excluding carboxylic acids is 1. The molecule has 1 aliphatic heterocycles. The van der Waals surface area contributed by atoms with Gasteiger partial charge in [-0.25, -0.2) is 0 Å². The van der Waals surface area contributed by atoms with E-state index in [1.807, 2.05) is 31.3 Å². The number of anilines is 1. The Morgan fingerprint density at radius 2 is 2.16 bits per heavy atom. The number of nitrogens with one attached hydrogen (secondary N) is 1. The van der Waals surface area contributed by atoms with Gasteiger partial charge in [-0.1, -0.05) is 0 Å². The summed E-state index contributed by atoms with van der Waals surface area (Å²) in [5.41, 5.74) is 0.912. The number of amides is 1. The molecule has 1 aromatic rings. The van der Waals surface area contributed by atoms with Crippen molar-refractivity contribution in [3.8, 4) is 5.75 Å². The van der Waals surface area contributed by atoms with E-state index in [2.05, 4.69) is 5.32 Å². The smallest absolute Gasteiger partial charge is 0.226 e. The van der Waals surface area contributed by atoms with E-state index in [0.29, 0.717) is 12.3 Å². The minimum absolute atomic E-state index is 0.178. The van der Waals surface area contributed by atoms with Crippen molar-refractivity contribution >= 4 is 11.6 Å². The van der Waals surface area contributed by atoms with Crippen molar-refractivity contribution in [2.24, 2.45) is 5.92 Å². The quantitative estimate of drug-likeness (QED) is 0.883. The molecule has 1 atom stereocenters. The van der Waals surface area contributed by atoms with Gasteiger partial charge in [-0.05, 0) is 56.1 Å². The molecule has 1 aliphatic rings. The maximum absolute atomic E-state index is 12.1. The summed E-state index contributed by atoms with van der Waals surface area (Å²) in [5.74, 6) is 1.65. The molecule has 0 aromatic heterocycles. The van der Waals surface area contributed by atoms with Crippen molar-refractivity contribution < 1.29 is 9.53 Å². The minimum Gasteiger partial charge on any atom is -0.497 e. The van der Waals surface area contributed by atoms with Gasteiger partial charge in [-0.15, -0.1) is 0 Å². The Balaban J connectivity index is 1.86. The lowest BCUT2D eigenvalue weighted by Gasteiger charge is -2.18. The fourth-order valence-corrected chi connectivity index (χ4v) is 2.41. The molecule has 0 bridgehead atoms. The van der Waals surface area contributed by atoms with Crippen LogP contribution < -0.4 is 15.0 Å². The molecule has 0 radical (unpaired) electrons. The van der Waals surface area contributed by atoms with Crippen molar-refractivity contribution in [2.45, 2.75) is 19.3 Å². The molecule has 1 amide bonds. The maximum atomic E-state index is 12.1. The summed E-state index contributed by atoms with van der Waals surface area (Å²) in [6, 6.07) is 7.57. The second kappa shape index (κ2) is 6.57. The average Bonchev–Trinajstić information content (AvgIpc) is 2.97. The van der Waals surface area contributed by atoms with Crippen molar-refractivity contribution in [2.75, 3.05) is 32.1 Å². The topological polar surface area (TPSA) is 41.6 Å². The fraction of sp³-hybridized carbons (Fsp3) is 0.533. The van der Waals surface area contributed by atoms with Gasteiger partial charge < -0.3 is 15.0 Å². The predicted molar refractivity (Wildman–Crippen MR) is 76.6 cm³/mol. The summed E-state index contributed by atoms with van der Waals surface area (Å²) >= 11 is 0. The molecule has 19 heavy (non-hydrogen) atoms. The van der Waals surface area contributed by atoms with E-state index in [4.69, 9.17) is 4.74 Å². The first-order valence-corrected chi connectivity index (χ1v) is 6.82. The van der Waals surface area contributed by atoms with Gasteiger partial charge in [0.15, 0.2) is 0 Å². The minimum atomic E-state index is 0.178.